The summed E-state index contributed by atoms with van der Waals surface area (Å²) in [6.07, 6.45) is 7.25. The second-order valence-electron chi connectivity index (χ2n) is 4.39. The highest BCUT2D eigenvalue weighted by Crippen LogP contribution is 2.35. The minimum atomic E-state index is -0.0563. The van der Waals surface area contributed by atoms with E-state index < -0.39 is 0 Å². The zero-order valence-corrected chi connectivity index (χ0v) is 9.78. The molecule has 1 fully saturated rings. The maximum Gasteiger partial charge on any atom is 0.148 e. The Morgan fingerprint density at radius 2 is 2.18 bits per heavy atom. The van der Waals surface area contributed by atoms with Crippen molar-refractivity contribution in [1.29, 1.82) is 0 Å². The van der Waals surface area contributed by atoms with Crippen LogP contribution in [0.25, 0.3) is 0 Å². The third kappa shape index (κ3) is 3.00. The van der Waals surface area contributed by atoms with Gasteiger partial charge < -0.3 is 15.2 Å². The standard InChI is InChI=1S/C14H17NO2/c1-2-9-17-13-6-4-3-5-12(13)10-15-14(11-16)7-8-14/h1,3-6,15-16H,7-11H2. The molecule has 0 bridgehead atoms. The molecule has 3 heteroatoms. The number of hydrogen-bond acceptors (Lipinski definition) is 3. The average molecular weight is 231 g/mol. The molecule has 0 spiro atoms. The van der Waals surface area contributed by atoms with Crippen molar-refractivity contribution in [1.82, 2.24) is 5.32 Å². The van der Waals surface area contributed by atoms with Gasteiger partial charge in [0.15, 0.2) is 0 Å². The first kappa shape index (κ1) is 12.0. The third-order valence-electron chi connectivity index (χ3n) is 3.09. The van der Waals surface area contributed by atoms with Gasteiger partial charge in [-0.3, -0.25) is 0 Å². The lowest BCUT2D eigenvalue weighted by Gasteiger charge is -2.16. The van der Waals surface area contributed by atoms with Gasteiger partial charge in [-0.2, -0.15) is 0 Å². The first-order chi connectivity index (χ1) is 8.29. The summed E-state index contributed by atoms with van der Waals surface area (Å²) in [5, 5.41) is 12.6. The number of ether oxygens (including phenoxy) is 1. The van der Waals surface area contributed by atoms with Crippen LogP contribution in [0.5, 0.6) is 5.75 Å². The topological polar surface area (TPSA) is 41.5 Å². The van der Waals surface area contributed by atoms with Gasteiger partial charge in [-0.1, -0.05) is 24.1 Å². The highest BCUT2D eigenvalue weighted by atomic mass is 16.5. The van der Waals surface area contributed by atoms with E-state index in [9.17, 15) is 5.11 Å². The van der Waals surface area contributed by atoms with Crippen LogP contribution in [0.2, 0.25) is 0 Å². The lowest BCUT2D eigenvalue weighted by atomic mass is 10.2. The summed E-state index contributed by atoms with van der Waals surface area (Å²) in [5.41, 5.74) is 1.02. The predicted octanol–water partition coefficient (Wildman–Crippen LogP) is 1.31. The molecule has 1 aromatic carbocycles. The molecule has 1 aromatic rings. The fraction of sp³-hybridized carbons (Fsp3) is 0.429. The van der Waals surface area contributed by atoms with Crippen LogP contribution in [0, 0.1) is 12.3 Å². The van der Waals surface area contributed by atoms with E-state index in [4.69, 9.17) is 11.2 Å². The summed E-state index contributed by atoms with van der Waals surface area (Å²) in [6.45, 7) is 1.17. The van der Waals surface area contributed by atoms with Crippen molar-refractivity contribution < 1.29 is 9.84 Å². The Balaban J connectivity index is 1.97. The molecule has 0 saturated heterocycles. The van der Waals surface area contributed by atoms with Crippen molar-refractivity contribution in [3.05, 3.63) is 29.8 Å². The van der Waals surface area contributed by atoms with E-state index in [-0.39, 0.29) is 18.8 Å². The molecule has 0 radical (unpaired) electrons. The molecule has 2 rings (SSSR count). The monoisotopic (exact) mass is 231 g/mol. The number of para-hydroxylation sites is 1. The molecule has 0 amide bonds. The summed E-state index contributed by atoms with van der Waals surface area (Å²) in [4.78, 5) is 0. The fourth-order valence-corrected chi connectivity index (χ4v) is 1.73. The Hall–Kier alpha value is -1.50. The van der Waals surface area contributed by atoms with Gasteiger partial charge in [0.2, 0.25) is 0 Å². The van der Waals surface area contributed by atoms with Crippen LogP contribution in [0.3, 0.4) is 0 Å². The van der Waals surface area contributed by atoms with Crippen molar-refractivity contribution >= 4 is 0 Å². The van der Waals surface area contributed by atoms with Crippen LogP contribution >= 0.6 is 0 Å². The zero-order chi connectivity index (χ0) is 12.1. The molecule has 17 heavy (non-hydrogen) atoms. The van der Waals surface area contributed by atoms with Crippen LogP contribution in [0.1, 0.15) is 18.4 Å². The van der Waals surface area contributed by atoms with E-state index in [0.717, 1.165) is 24.2 Å². The average Bonchev–Trinajstić information content (AvgIpc) is 3.15. The number of hydrogen-bond donors (Lipinski definition) is 2. The van der Waals surface area contributed by atoms with Gasteiger partial charge in [-0.25, -0.2) is 0 Å². The van der Waals surface area contributed by atoms with Crippen molar-refractivity contribution in [2.75, 3.05) is 13.2 Å². The molecule has 0 aromatic heterocycles. The van der Waals surface area contributed by atoms with Crippen LogP contribution < -0.4 is 10.1 Å². The van der Waals surface area contributed by atoms with Crippen LogP contribution in [0.4, 0.5) is 0 Å². The van der Waals surface area contributed by atoms with Gasteiger partial charge in [0.05, 0.1) is 6.61 Å². The van der Waals surface area contributed by atoms with E-state index in [0.29, 0.717) is 6.54 Å². The van der Waals surface area contributed by atoms with Crippen LogP contribution in [-0.2, 0) is 6.54 Å². The predicted molar refractivity (Wildman–Crippen MR) is 66.7 cm³/mol. The maximum atomic E-state index is 9.22. The number of terminal acetylenes is 1. The van der Waals surface area contributed by atoms with Crippen molar-refractivity contribution in [3.63, 3.8) is 0 Å². The third-order valence-corrected chi connectivity index (χ3v) is 3.09. The second-order valence-corrected chi connectivity index (χ2v) is 4.39. The van der Waals surface area contributed by atoms with Gasteiger partial charge in [-0.05, 0) is 18.9 Å². The normalized spacial score (nSPS) is 16.2. The van der Waals surface area contributed by atoms with Crippen molar-refractivity contribution in [2.24, 2.45) is 0 Å². The lowest BCUT2D eigenvalue weighted by Crippen LogP contribution is -2.34. The Bertz CT molecular complexity index is 418. The summed E-state index contributed by atoms with van der Waals surface area (Å²) in [5.74, 6) is 3.27. The SMILES string of the molecule is C#CCOc1ccccc1CNC1(CO)CC1. The smallest absolute Gasteiger partial charge is 0.148 e. The Labute approximate surface area is 102 Å². The number of aliphatic hydroxyl groups is 1. The highest BCUT2D eigenvalue weighted by molar-refractivity contribution is 5.33. The van der Waals surface area contributed by atoms with E-state index in [2.05, 4.69) is 11.2 Å². The zero-order valence-electron chi connectivity index (χ0n) is 9.78. The minimum absolute atomic E-state index is 0.0563. The molecule has 0 unspecified atom stereocenters. The van der Waals surface area contributed by atoms with Gasteiger partial charge in [-0.15, -0.1) is 6.42 Å². The molecule has 0 aliphatic heterocycles. The maximum absolute atomic E-state index is 9.22. The van der Waals surface area contributed by atoms with E-state index in [1.54, 1.807) is 0 Å². The van der Waals surface area contributed by atoms with Gasteiger partial charge >= 0.3 is 0 Å². The van der Waals surface area contributed by atoms with E-state index in [1.807, 2.05) is 24.3 Å². The number of aliphatic hydroxyl groups excluding tert-OH is 1. The molecular formula is C14H17NO2. The van der Waals surface area contributed by atoms with Crippen molar-refractivity contribution in [3.8, 4) is 18.1 Å². The lowest BCUT2D eigenvalue weighted by molar-refractivity contribution is 0.229. The van der Waals surface area contributed by atoms with Crippen molar-refractivity contribution in [2.45, 2.75) is 24.9 Å². The molecule has 0 atom stereocenters. The van der Waals surface area contributed by atoms with Gasteiger partial charge in [0, 0.05) is 17.6 Å². The molecular weight excluding hydrogens is 214 g/mol. The molecule has 1 aliphatic rings. The summed E-state index contributed by atoms with van der Waals surface area (Å²) < 4.78 is 5.47. The largest absolute Gasteiger partial charge is 0.481 e. The van der Waals surface area contributed by atoms with Crippen LogP contribution in [0.15, 0.2) is 24.3 Å². The Morgan fingerprint density at radius 3 is 2.82 bits per heavy atom. The number of rotatable bonds is 6. The number of nitrogens with one attached hydrogen (secondary N) is 1. The quantitative estimate of drug-likeness (QED) is 0.725. The van der Waals surface area contributed by atoms with Gasteiger partial charge in [0.1, 0.15) is 12.4 Å². The molecule has 0 heterocycles. The molecule has 3 nitrogen and oxygen atoms in total. The Kier molecular flexibility index (Phi) is 3.68. The van der Waals surface area contributed by atoms with E-state index in [1.165, 1.54) is 0 Å². The molecule has 2 N–H and O–H groups in total. The molecule has 1 saturated carbocycles. The fourth-order valence-electron chi connectivity index (χ4n) is 1.73. The second kappa shape index (κ2) is 5.22. The minimum Gasteiger partial charge on any atom is -0.481 e. The van der Waals surface area contributed by atoms with Crippen LogP contribution in [-0.4, -0.2) is 23.9 Å². The molecule has 1 aliphatic carbocycles. The van der Waals surface area contributed by atoms with Gasteiger partial charge in [0.25, 0.3) is 0 Å². The molecule has 90 valence electrons. The summed E-state index contributed by atoms with van der Waals surface area (Å²) in [6, 6.07) is 7.81. The first-order valence-corrected chi connectivity index (χ1v) is 5.80. The summed E-state index contributed by atoms with van der Waals surface area (Å²) in [7, 11) is 0. The first-order valence-electron chi connectivity index (χ1n) is 5.80. The van der Waals surface area contributed by atoms with E-state index >= 15 is 0 Å². The highest BCUT2D eigenvalue weighted by Gasteiger charge is 2.41. The summed E-state index contributed by atoms with van der Waals surface area (Å²) >= 11 is 0. The number of benzene rings is 1. The Morgan fingerprint density at radius 1 is 1.41 bits per heavy atom.